The molecular weight excluding hydrogens is 331 g/mol. The summed E-state index contributed by atoms with van der Waals surface area (Å²) in [5.41, 5.74) is 0.876. The normalized spacial score (nSPS) is 13.3. The molecule has 1 aromatic carbocycles. The first-order chi connectivity index (χ1) is 9.58. The Morgan fingerprint density at radius 2 is 2.20 bits per heavy atom. The Morgan fingerprint density at radius 1 is 1.50 bits per heavy atom. The number of esters is 1. The Labute approximate surface area is 124 Å². The molecule has 7 heteroatoms. The van der Waals surface area contributed by atoms with Crippen LogP contribution in [0.3, 0.4) is 0 Å². The van der Waals surface area contributed by atoms with E-state index in [1.807, 2.05) is 0 Å². The van der Waals surface area contributed by atoms with Crippen LogP contribution in [0.25, 0.3) is 0 Å². The number of ether oxygens (including phenoxy) is 1. The highest BCUT2D eigenvalue weighted by molar-refractivity contribution is 9.09. The molecule has 0 N–H and O–H groups in total. The highest BCUT2D eigenvalue weighted by Gasteiger charge is 2.10. The molecule has 5 nitrogen and oxygen atoms in total. The number of hydrogen-bond donors (Lipinski definition) is 0. The maximum Gasteiger partial charge on any atom is 0.338 e. The van der Waals surface area contributed by atoms with Gasteiger partial charge in [0, 0.05) is 5.56 Å². The zero-order chi connectivity index (χ0) is 15.0. The molecular formula is C13H14BrFN2O3. The molecule has 1 atom stereocenters. The number of amidine groups is 1. The molecule has 0 saturated carbocycles. The van der Waals surface area contributed by atoms with Crippen molar-refractivity contribution in [2.75, 3.05) is 13.7 Å². The monoisotopic (exact) mass is 344 g/mol. The second-order valence-corrected chi connectivity index (χ2v) is 4.39. The number of hydrogen-bond acceptors (Lipinski definition) is 4. The first kappa shape index (κ1) is 16.3. The van der Waals surface area contributed by atoms with Gasteiger partial charge in [0.1, 0.15) is 7.11 Å². The van der Waals surface area contributed by atoms with Crippen LogP contribution >= 0.6 is 15.9 Å². The molecule has 0 amide bonds. The van der Waals surface area contributed by atoms with Gasteiger partial charge >= 0.3 is 5.97 Å². The van der Waals surface area contributed by atoms with Crippen LogP contribution in [-0.4, -0.2) is 36.8 Å². The van der Waals surface area contributed by atoms with E-state index in [9.17, 15) is 9.18 Å². The number of aliphatic imine (C=N–C) groups is 1. The van der Waals surface area contributed by atoms with Gasteiger partial charge in [0.15, 0.2) is 10.9 Å². The van der Waals surface area contributed by atoms with Crippen molar-refractivity contribution in [3.63, 3.8) is 0 Å². The Kier molecular flexibility index (Phi) is 6.86. The van der Waals surface area contributed by atoms with Crippen molar-refractivity contribution in [3.05, 3.63) is 35.4 Å². The predicted octanol–water partition coefficient (Wildman–Crippen LogP) is 2.93. The van der Waals surface area contributed by atoms with Crippen molar-refractivity contribution < 1.29 is 18.8 Å². The van der Waals surface area contributed by atoms with Gasteiger partial charge in [0.2, 0.25) is 0 Å². The average molecular weight is 345 g/mol. The number of carbonyl (C=O) groups is 1. The van der Waals surface area contributed by atoms with E-state index in [4.69, 9.17) is 4.74 Å². The molecule has 108 valence electrons. The maximum absolute atomic E-state index is 12.7. The van der Waals surface area contributed by atoms with E-state index < -0.39 is 11.1 Å². The summed E-state index contributed by atoms with van der Waals surface area (Å²) in [6.07, 6.45) is 1.02. The van der Waals surface area contributed by atoms with Crippen LogP contribution in [0.1, 0.15) is 22.8 Å². The van der Waals surface area contributed by atoms with Gasteiger partial charge in [-0.25, -0.2) is 14.2 Å². The largest absolute Gasteiger partial charge is 0.462 e. The highest BCUT2D eigenvalue weighted by atomic mass is 79.9. The minimum absolute atomic E-state index is 0.153. The summed E-state index contributed by atoms with van der Waals surface area (Å²) in [7, 11) is 1.35. The fraction of sp³-hybridized carbons (Fsp3) is 0.308. The summed E-state index contributed by atoms with van der Waals surface area (Å²) in [6, 6.07) is 6.50. The van der Waals surface area contributed by atoms with Gasteiger partial charge in [0.25, 0.3) is 0 Å². The molecule has 0 saturated heterocycles. The Hall–Kier alpha value is -1.76. The number of carbonyl (C=O) groups excluding carboxylic acids is 1. The molecule has 0 aliphatic carbocycles. The second kappa shape index (κ2) is 8.42. The van der Waals surface area contributed by atoms with Gasteiger partial charge in [-0.3, -0.25) is 0 Å². The predicted molar refractivity (Wildman–Crippen MR) is 78.3 cm³/mol. The number of nitrogens with zero attached hydrogens (tertiary/aromatic N) is 2. The molecule has 0 aliphatic rings. The molecule has 0 aliphatic heterocycles. The summed E-state index contributed by atoms with van der Waals surface area (Å²) >= 11 is 2.70. The summed E-state index contributed by atoms with van der Waals surface area (Å²) in [4.78, 5) is 20.2. The van der Waals surface area contributed by atoms with Gasteiger partial charge < -0.3 is 9.57 Å². The quantitative estimate of drug-likeness (QED) is 0.271. The molecule has 1 rings (SSSR count). The Balaban J connectivity index is 3.06. The van der Waals surface area contributed by atoms with Crippen LogP contribution in [0, 0.1) is 0 Å². The SMILES string of the molecule is CCOC(=O)c1cccc(/C(N=CC(F)Br)=N/OC)c1. The highest BCUT2D eigenvalue weighted by Crippen LogP contribution is 2.10. The minimum Gasteiger partial charge on any atom is -0.462 e. The van der Waals surface area contributed by atoms with E-state index >= 15 is 0 Å². The van der Waals surface area contributed by atoms with Gasteiger partial charge in [-0.05, 0) is 35.0 Å². The number of benzene rings is 1. The molecule has 0 heterocycles. The van der Waals surface area contributed by atoms with Crippen molar-refractivity contribution in [2.45, 2.75) is 12.0 Å². The van der Waals surface area contributed by atoms with Crippen LogP contribution in [0.4, 0.5) is 4.39 Å². The molecule has 20 heavy (non-hydrogen) atoms. The molecule has 0 radical (unpaired) electrons. The second-order valence-electron chi connectivity index (χ2n) is 3.51. The number of halogens is 2. The van der Waals surface area contributed by atoms with Crippen LogP contribution in [-0.2, 0) is 9.57 Å². The van der Waals surface area contributed by atoms with E-state index in [-0.39, 0.29) is 12.4 Å². The van der Waals surface area contributed by atoms with E-state index in [1.54, 1.807) is 31.2 Å². The van der Waals surface area contributed by atoms with Gasteiger partial charge in [-0.1, -0.05) is 17.3 Å². The fourth-order valence-corrected chi connectivity index (χ4v) is 1.48. The van der Waals surface area contributed by atoms with Gasteiger partial charge in [0.05, 0.1) is 18.4 Å². The first-order valence-corrected chi connectivity index (χ1v) is 6.71. The zero-order valence-corrected chi connectivity index (χ0v) is 12.6. The molecule has 1 unspecified atom stereocenters. The lowest BCUT2D eigenvalue weighted by atomic mass is 10.1. The number of oxime groups is 1. The third kappa shape index (κ3) is 5.08. The van der Waals surface area contributed by atoms with Crippen molar-refractivity contribution in [2.24, 2.45) is 10.1 Å². The zero-order valence-electron chi connectivity index (χ0n) is 11.0. The summed E-state index contributed by atoms with van der Waals surface area (Å²) < 4.78 is 17.6. The summed E-state index contributed by atoms with van der Waals surface area (Å²) in [6.45, 7) is 2.01. The van der Waals surface area contributed by atoms with Crippen molar-refractivity contribution in [1.29, 1.82) is 0 Å². The van der Waals surface area contributed by atoms with Crippen LogP contribution < -0.4 is 0 Å². The Bertz CT molecular complexity index is 518. The third-order valence-electron chi connectivity index (χ3n) is 2.12. The van der Waals surface area contributed by atoms with E-state index in [1.165, 1.54) is 7.11 Å². The van der Waals surface area contributed by atoms with E-state index in [2.05, 4.69) is 30.9 Å². The van der Waals surface area contributed by atoms with Crippen molar-refractivity contribution in [3.8, 4) is 0 Å². The van der Waals surface area contributed by atoms with Crippen molar-refractivity contribution >= 4 is 33.9 Å². The molecule has 0 fully saturated rings. The van der Waals surface area contributed by atoms with Crippen LogP contribution in [0.5, 0.6) is 0 Å². The van der Waals surface area contributed by atoms with Gasteiger partial charge in [-0.2, -0.15) is 0 Å². The topological polar surface area (TPSA) is 60.2 Å². The van der Waals surface area contributed by atoms with E-state index in [0.29, 0.717) is 11.1 Å². The Morgan fingerprint density at radius 3 is 2.80 bits per heavy atom. The van der Waals surface area contributed by atoms with Crippen LogP contribution in [0.2, 0.25) is 0 Å². The molecule has 0 aromatic heterocycles. The minimum atomic E-state index is -1.39. The maximum atomic E-state index is 12.7. The molecule has 1 aromatic rings. The average Bonchev–Trinajstić information content (AvgIpc) is 2.43. The van der Waals surface area contributed by atoms with E-state index in [0.717, 1.165) is 6.21 Å². The number of rotatable bonds is 5. The summed E-state index contributed by atoms with van der Waals surface area (Å²) in [5.74, 6) is -0.292. The van der Waals surface area contributed by atoms with Crippen molar-refractivity contribution in [1.82, 2.24) is 0 Å². The molecule has 0 spiro atoms. The summed E-state index contributed by atoms with van der Waals surface area (Å²) in [5, 5.41) is 2.30. The van der Waals surface area contributed by atoms with Gasteiger partial charge in [-0.15, -0.1) is 0 Å². The lowest BCUT2D eigenvalue weighted by molar-refractivity contribution is 0.0526. The first-order valence-electron chi connectivity index (χ1n) is 5.79. The standard InChI is InChI=1S/C13H14BrFN2O3/c1-3-20-13(18)10-6-4-5-9(7-10)12(17-19-2)16-8-11(14)15/h4-8,11H,3H2,1-2H3/b16-8?,17-12-. The van der Waals surface area contributed by atoms with Crippen LogP contribution in [0.15, 0.2) is 34.4 Å². The smallest absolute Gasteiger partial charge is 0.338 e. The lowest BCUT2D eigenvalue weighted by Gasteiger charge is -2.04. The lowest BCUT2D eigenvalue weighted by Crippen LogP contribution is -2.07. The number of alkyl halides is 2. The molecule has 0 bridgehead atoms. The third-order valence-corrected chi connectivity index (χ3v) is 2.36. The fourth-order valence-electron chi connectivity index (χ4n) is 1.36.